The van der Waals surface area contributed by atoms with Crippen molar-refractivity contribution < 1.29 is 18.8 Å². The van der Waals surface area contributed by atoms with Crippen LogP contribution in [0, 0.1) is 0 Å². The first-order chi connectivity index (χ1) is 10.7. The Labute approximate surface area is 137 Å². The molecule has 0 amide bonds. The molecule has 2 aliphatic rings. The van der Waals surface area contributed by atoms with Gasteiger partial charge in [0.15, 0.2) is 5.78 Å². The van der Waals surface area contributed by atoms with Gasteiger partial charge in [-0.1, -0.05) is 0 Å². The summed E-state index contributed by atoms with van der Waals surface area (Å²) in [6, 6.07) is 0. The molecule has 7 heteroatoms. The van der Waals surface area contributed by atoms with Crippen LogP contribution in [0.3, 0.4) is 0 Å². The number of hydrogen-bond donors (Lipinski definition) is 0. The molecule has 1 aromatic rings. The molecule has 0 aliphatic carbocycles. The lowest BCUT2D eigenvalue weighted by molar-refractivity contribution is -0.131. The third-order valence-electron chi connectivity index (χ3n) is 5.54. The Hall–Kier alpha value is -1.18. The molecule has 126 valence electrons. The number of aromatic nitrogens is 2. The highest BCUT2D eigenvalue weighted by atomic mass is 16.7. The normalized spacial score (nSPS) is 25.5. The monoisotopic (exact) mass is 320 g/mol. The summed E-state index contributed by atoms with van der Waals surface area (Å²) in [5.74, 6) is 0.115. The van der Waals surface area contributed by atoms with E-state index in [4.69, 9.17) is 14.0 Å². The lowest BCUT2D eigenvalue weighted by atomic mass is 9.81. The van der Waals surface area contributed by atoms with Crippen molar-refractivity contribution in [1.82, 2.24) is 9.78 Å². The van der Waals surface area contributed by atoms with E-state index in [2.05, 4.69) is 5.10 Å². The Morgan fingerprint density at radius 2 is 1.74 bits per heavy atom. The molecule has 6 nitrogen and oxygen atoms in total. The van der Waals surface area contributed by atoms with Crippen LogP contribution in [0.15, 0.2) is 12.4 Å². The maximum absolute atomic E-state index is 12.3. The molecule has 2 aliphatic heterocycles. The minimum atomic E-state index is -0.611. The first-order valence-corrected chi connectivity index (χ1v) is 8.17. The minimum absolute atomic E-state index is 0.115. The minimum Gasteiger partial charge on any atom is -0.399 e. The summed E-state index contributed by atoms with van der Waals surface area (Å²) in [7, 11) is -0.461. The second-order valence-electron chi connectivity index (χ2n) is 7.51. The highest BCUT2D eigenvalue weighted by Gasteiger charge is 2.52. The first kappa shape index (κ1) is 16.7. The fourth-order valence-corrected chi connectivity index (χ4v) is 3.12. The molecule has 0 unspecified atom stereocenters. The SMILES string of the molecule is CC(=O)C1(n2cc(B3OC(C)(C)C(C)(C)O3)cn2)CCOCC1. The standard InChI is InChI=1S/C16H25BN2O4/c1-12(20)16(6-8-21-9-7-16)19-11-13(10-18-19)17-22-14(2,3)15(4,5)23-17/h10-11H,6-9H2,1-5H3. The second kappa shape index (κ2) is 5.43. The van der Waals surface area contributed by atoms with Crippen molar-refractivity contribution in [3.63, 3.8) is 0 Å². The number of ether oxygens (including phenoxy) is 1. The van der Waals surface area contributed by atoms with Crippen LogP contribution in [0.1, 0.15) is 47.5 Å². The van der Waals surface area contributed by atoms with Crippen molar-refractivity contribution in [2.24, 2.45) is 0 Å². The van der Waals surface area contributed by atoms with Gasteiger partial charge in [-0.15, -0.1) is 0 Å². The molecular weight excluding hydrogens is 295 g/mol. The van der Waals surface area contributed by atoms with Crippen LogP contribution >= 0.6 is 0 Å². The van der Waals surface area contributed by atoms with Crippen LogP contribution < -0.4 is 5.46 Å². The van der Waals surface area contributed by atoms with Gasteiger partial charge in [0.25, 0.3) is 0 Å². The number of carbonyl (C=O) groups is 1. The third kappa shape index (κ3) is 2.64. The van der Waals surface area contributed by atoms with Gasteiger partial charge in [-0.3, -0.25) is 9.48 Å². The number of hydrogen-bond acceptors (Lipinski definition) is 5. The molecule has 0 bridgehead atoms. The average Bonchev–Trinajstić information content (AvgIpc) is 3.03. The van der Waals surface area contributed by atoms with E-state index >= 15 is 0 Å². The maximum atomic E-state index is 12.3. The molecule has 23 heavy (non-hydrogen) atoms. The van der Waals surface area contributed by atoms with Crippen molar-refractivity contribution in [2.75, 3.05) is 13.2 Å². The van der Waals surface area contributed by atoms with Gasteiger partial charge < -0.3 is 14.0 Å². The largest absolute Gasteiger partial charge is 0.498 e. The number of carbonyl (C=O) groups excluding carboxylic acids is 1. The fourth-order valence-electron chi connectivity index (χ4n) is 3.12. The predicted molar refractivity (Wildman–Crippen MR) is 86.7 cm³/mol. The zero-order valence-electron chi connectivity index (χ0n) is 14.6. The van der Waals surface area contributed by atoms with E-state index in [1.54, 1.807) is 17.8 Å². The summed E-state index contributed by atoms with van der Waals surface area (Å²) in [6.45, 7) is 10.9. The Morgan fingerprint density at radius 1 is 1.17 bits per heavy atom. The lowest BCUT2D eigenvalue weighted by Gasteiger charge is -2.35. The fraction of sp³-hybridized carbons (Fsp3) is 0.750. The van der Waals surface area contributed by atoms with Crippen LogP contribution in [0.2, 0.25) is 0 Å². The molecule has 0 aromatic carbocycles. The summed E-state index contributed by atoms with van der Waals surface area (Å²) in [4.78, 5) is 12.3. The summed E-state index contributed by atoms with van der Waals surface area (Å²) < 4.78 is 19.3. The molecule has 2 saturated heterocycles. The molecule has 0 atom stereocenters. The average molecular weight is 320 g/mol. The van der Waals surface area contributed by atoms with E-state index in [0.717, 1.165) is 5.46 Å². The van der Waals surface area contributed by atoms with Crippen molar-refractivity contribution >= 4 is 18.4 Å². The molecule has 3 heterocycles. The Kier molecular flexibility index (Phi) is 3.94. The van der Waals surface area contributed by atoms with E-state index in [1.807, 2.05) is 33.9 Å². The Morgan fingerprint density at radius 3 is 2.26 bits per heavy atom. The molecule has 0 N–H and O–H groups in total. The van der Waals surface area contributed by atoms with Crippen LogP contribution in [0.25, 0.3) is 0 Å². The van der Waals surface area contributed by atoms with E-state index in [9.17, 15) is 4.79 Å². The van der Waals surface area contributed by atoms with Crippen LogP contribution in [-0.2, 0) is 24.4 Å². The number of Topliss-reactive ketones (excluding diaryl/α,β-unsaturated/α-hetero) is 1. The highest BCUT2D eigenvalue weighted by molar-refractivity contribution is 6.62. The van der Waals surface area contributed by atoms with Gasteiger partial charge in [-0.2, -0.15) is 5.10 Å². The van der Waals surface area contributed by atoms with Gasteiger partial charge in [0.2, 0.25) is 0 Å². The molecule has 1 aromatic heterocycles. The van der Waals surface area contributed by atoms with E-state index in [1.165, 1.54) is 0 Å². The Bertz CT molecular complexity index is 589. The predicted octanol–water partition coefficient (Wildman–Crippen LogP) is 1.28. The molecule has 3 rings (SSSR count). The quantitative estimate of drug-likeness (QED) is 0.785. The lowest BCUT2D eigenvalue weighted by Crippen LogP contribution is -2.46. The summed E-state index contributed by atoms with van der Waals surface area (Å²) in [5.41, 5.74) is -0.552. The molecule has 2 fully saturated rings. The summed E-state index contributed by atoms with van der Waals surface area (Å²) in [6.07, 6.45) is 4.91. The van der Waals surface area contributed by atoms with Gasteiger partial charge in [-0.25, -0.2) is 0 Å². The van der Waals surface area contributed by atoms with E-state index in [-0.39, 0.29) is 5.78 Å². The van der Waals surface area contributed by atoms with E-state index < -0.39 is 23.9 Å². The second-order valence-corrected chi connectivity index (χ2v) is 7.51. The van der Waals surface area contributed by atoms with Crippen LogP contribution in [0.4, 0.5) is 0 Å². The zero-order valence-corrected chi connectivity index (χ0v) is 14.6. The summed E-state index contributed by atoms with van der Waals surface area (Å²) >= 11 is 0. The topological polar surface area (TPSA) is 62.6 Å². The van der Waals surface area contributed by atoms with Crippen molar-refractivity contribution in [3.05, 3.63) is 12.4 Å². The first-order valence-electron chi connectivity index (χ1n) is 8.17. The number of nitrogens with zero attached hydrogens (tertiary/aromatic N) is 2. The van der Waals surface area contributed by atoms with Gasteiger partial charge in [0.05, 0.1) is 11.2 Å². The van der Waals surface area contributed by atoms with Crippen LogP contribution in [0.5, 0.6) is 0 Å². The zero-order chi connectivity index (χ0) is 16.9. The van der Waals surface area contributed by atoms with Crippen molar-refractivity contribution in [2.45, 2.75) is 64.2 Å². The third-order valence-corrected chi connectivity index (χ3v) is 5.54. The number of ketones is 1. The smallest absolute Gasteiger partial charge is 0.399 e. The van der Waals surface area contributed by atoms with Gasteiger partial charge in [0.1, 0.15) is 5.54 Å². The van der Waals surface area contributed by atoms with Crippen LogP contribution in [-0.4, -0.2) is 47.1 Å². The van der Waals surface area contributed by atoms with Crippen molar-refractivity contribution in [1.29, 1.82) is 0 Å². The van der Waals surface area contributed by atoms with E-state index in [0.29, 0.717) is 26.1 Å². The molecule has 0 spiro atoms. The molecule has 0 radical (unpaired) electrons. The molecule has 0 saturated carbocycles. The maximum Gasteiger partial charge on any atom is 0.498 e. The Balaban J connectivity index is 1.88. The van der Waals surface area contributed by atoms with Gasteiger partial charge >= 0.3 is 7.12 Å². The van der Waals surface area contributed by atoms with Crippen molar-refractivity contribution in [3.8, 4) is 0 Å². The highest BCUT2D eigenvalue weighted by Crippen LogP contribution is 2.36. The van der Waals surface area contributed by atoms with Gasteiger partial charge in [-0.05, 0) is 34.6 Å². The van der Waals surface area contributed by atoms with Gasteiger partial charge in [0, 0.05) is 43.9 Å². The summed E-state index contributed by atoms with van der Waals surface area (Å²) in [5, 5.41) is 4.45. The molecular formula is C16H25BN2O4. The number of rotatable bonds is 3.